The van der Waals surface area contributed by atoms with Gasteiger partial charge in [-0.05, 0) is 134 Å². The van der Waals surface area contributed by atoms with Gasteiger partial charge in [-0.15, -0.1) is 0 Å². The Bertz CT molecular complexity index is 3610. The second kappa shape index (κ2) is 17.1. The van der Waals surface area contributed by atoms with Crippen LogP contribution in [0.15, 0.2) is 225 Å². The Labute approximate surface area is 420 Å². The van der Waals surface area contributed by atoms with E-state index in [-0.39, 0.29) is 16.7 Å². The van der Waals surface area contributed by atoms with Gasteiger partial charge >= 0.3 is 0 Å². The minimum atomic E-state index is -0.381. The summed E-state index contributed by atoms with van der Waals surface area (Å²) in [6.07, 6.45) is 18.4. The van der Waals surface area contributed by atoms with Crippen molar-refractivity contribution in [1.29, 1.82) is 0 Å². The Balaban J connectivity index is 0.934. The van der Waals surface area contributed by atoms with Crippen LogP contribution in [0.5, 0.6) is 0 Å². The lowest BCUT2D eigenvalue weighted by molar-refractivity contribution is 0.374. The van der Waals surface area contributed by atoms with E-state index in [1.807, 2.05) is 0 Å². The molecule has 71 heavy (non-hydrogen) atoms. The van der Waals surface area contributed by atoms with Gasteiger partial charge in [-0.3, -0.25) is 0 Å². The average Bonchev–Trinajstić information content (AvgIpc) is 3.99. The topological polar surface area (TPSA) is 4.93 Å². The average molecular weight is 916 g/mol. The van der Waals surface area contributed by atoms with Crippen molar-refractivity contribution < 1.29 is 0 Å². The lowest BCUT2D eigenvalue weighted by atomic mass is 9.59. The van der Waals surface area contributed by atoms with E-state index < -0.39 is 0 Å². The van der Waals surface area contributed by atoms with Gasteiger partial charge in [0.15, 0.2) is 0 Å². The highest BCUT2D eigenvalue weighted by Gasteiger charge is 2.51. The molecule has 1 aromatic heterocycles. The maximum absolute atomic E-state index is 2.64. The second-order valence-electron chi connectivity index (χ2n) is 21.6. The summed E-state index contributed by atoms with van der Waals surface area (Å²) in [6, 6.07) is 71.8. The normalized spacial score (nSPS) is 20.8. The monoisotopic (exact) mass is 915 g/mol. The molecule has 0 aliphatic heterocycles. The SMILES string of the molecule is CC1CC(c2cccc3c2-c2ccc(CCC(Cc4ccccc4)c4ccc5c(c4)C(C)(C)c4ccccc4-5)cc2C3(c2ccccc2)C2C=CC=CC2C)=CC=C1n1c2ccccc2c2ccccc21. The van der Waals surface area contributed by atoms with Crippen LogP contribution in [0, 0.1) is 17.8 Å². The van der Waals surface area contributed by atoms with Crippen molar-refractivity contribution in [3.8, 4) is 22.3 Å². The van der Waals surface area contributed by atoms with E-state index in [9.17, 15) is 0 Å². The number of rotatable bonds is 10. The van der Waals surface area contributed by atoms with Crippen LogP contribution in [0.1, 0.15) is 96.5 Å². The Kier molecular flexibility index (Phi) is 10.5. The Hall–Kier alpha value is -7.48. The number of aryl methyl sites for hydroxylation is 1. The number of hydrogen-bond donors (Lipinski definition) is 0. The molecule has 5 unspecified atom stereocenters. The fraction of sp³-hybridized carbons (Fsp3) is 0.200. The molecule has 0 N–H and O–H groups in total. The first-order chi connectivity index (χ1) is 34.8. The van der Waals surface area contributed by atoms with Crippen molar-refractivity contribution in [1.82, 2.24) is 4.57 Å². The van der Waals surface area contributed by atoms with Gasteiger partial charge in [0, 0.05) is 33.7 Å². The summed E-state index contributed by atoms with van der Waals surface area (Å²) in [7, 11) is 0. The summed E-state index contributed by atoms with van der Waals surface area (Å²) >= 11 is 0. The lowest BCUT2D eigenvalue weighted by Gasteiger charge is -2.42. The highest BCUT2D eigenvalue weighted by molar-refractivity contribution is 6.10. The number of benzene rings is 8. The third-order valence-electron chi connectivity index (χ3n) is 17.3. The zero-order valence-electron chi connectivity index (χ0n) is 41.4. The molecule has 0 spiro atoms. The minimum Gasteiger partial charge on any atom is -0.313 e. The van der Waals surface area contributed by atoms with Gasteiger partial charge in [0.25, 0.3) is 0 Å². The van der Waals surface area contributed by atoms with Crippen molar-refractivity contribution in [2.75, 3.05) is 0 Å². The molecule has 9 aromatic rings. The first-order valence-corrected chi connectivity index (χ1v) is 26.2. The minimum absolute atomic E-state index is 0.0373. The van der Waals surface area contributed by atoms with Crippen molar-refractivity contribution in [3.05, 3.63) is 275 Å². The van der Waals surface area contributed by atoms with Crippen LogP contribution in [0.4, 0.5) is 0 Å². The van der Waals surface area contributed by atoms with Crippen LogP contribution in [-0.2, 0) is 23.7 Å². The maximum atomic E-state index is 2.64. The molecular formula is C70H61N. The number of aromatic nitrogens is 1. The highest BCUT2D eigenvalue weighted by atomic mass is 15.0. The van der Waals surface area contributed by atoms with E-state index in [0.29, 0.717) is 17.8 Å². The summed E-state index contributed by atoms with van der Waals surface area (Å²) in [5, 5.41) is 2.62. The summed E-state index contributed by atoms with van der Waals surface area (Å²) < 4.78 is 2.52. The molecule has 5 atom stereocenters. The second-order valence-corrected chi connectivity index (χ2v) is 21.6. The fourth-order valence-corrected chi connectivity index (χ4v) is 13.8. The summed E-state index contributed by atoms with van der Waals surface area (Å²) in [6.45, 7) is 9.67. The molecule has 0 fully saturated rings. The molecule has 4 aliphatic carbocycles. The summed E-state index contributed by atoms with van der Waals surface area (Å²) in [5.41, 5.74) is 23.2. The Morgan fingerprint density at radius 2 is 1.18 bits per heavy atom. The molecule has 0 bridgehead atoms. The quantitative estimate of drug-likeness (QED) is 0.129. The van der Waals surface area contributed by atoms with Gasteiger partial charge < -0.3 is 4.57 Å². The van der Waals surface area contributed by atoms with E-state index >= 15 is 0 Å². The standard InChI is InChI=1S/C70H61N/c1-46-20-11-15-29-60(46)70(53-23-9-6-10-24-53)62-31-19-28-54(52-38-41-65(47(2)42-52)71-66-32-17-13-26-57(66)58-27-14-18-33-67(58)71)68(62)59-39-35-49(44-64(59)70)34-36-50(43-48-21-7-5-8-22-48)51-37-40-56-55-25-12-16-30-61(55)69(3,4)63(56)45-51/h5-33,35,37-41,44-47,50,60H,34,36,42-43H2,1-4H3. The van der Waals surface area contributed by atoms with Crippen LogP contribution >= 0.6 is 0 Å². The molecule has 0 saturated carbocycles. The van der Waals surface area contributed by atoms with Crippen LogP contribution < -0.4 is 0 Å². The molecule has 1 heteroatoms. The van der Waals surface area contributed by atoms with Gasteiger partial charge in [-0.25, -0.2) is 0 Å². The zero-order valence-corrected chi connectivity index (χ0v) is 41.4. The molecule has 13 rings (SSSR count). The molecule has 346 valence electrons. The maximum Gasteiger partial charge on any atom is 0.0537 e. The number of allylic oxidation sites excluding steroid dienone is 8. The van der Waals surface area contributed by atoms with Crippen molar-refractivity contribution in [2.24, 2.45) is 17.8 Å². The van der Waals surface area contributed by atoms with Gasteiger partial charge in [0.1, 0.15) is 0 Å². The lowest BCUT2D eigenvalue weighted by Crippen LogP contribution is -2.39. The molecule has 0 amide bonds. The Morgan fingerprint density at radius 1 is 0.535 bits per heavy atom. The van der Waals surface area contributed by atoms with E-state index in [0.717, 1.165) is 25.7 Å². The molecule has 0 radical (unpaired) electrons. The molecule has 1 heterocycles. The molecule has 4 aliphatic rings. The summed E-state index contributed by atoms with van der Waals surface area (Å²) in [4.78, 5) is 0. The van der Waals surface area contributed by atoms with Crippen molar-refractivity contribution >= 4 is 33.1 Å². The van der Waals surface area contributed by atoms with Gasteiger partial charge in [0.2, 0.25) is 0 Å². The predicted octanol–water partition coefficient (Wildman–Crippen LogP) is 17.7. The first kappa shape index (κ1) is 43.5. The third kappa shape index (κ3) is 6.87. The molecular weight excluding hydrogens is 855 g/mol. The molecule has 0 saturated heterocycles. The van der Waals surface area contributed by atoms with Crippen LogP contribution in [-0.4, -0.2) is 4.57 Å². The fourth-order valence-electron chi connectivity index (χ4n) is 13.8. The smallest absolute Gasteiger partial charge is 0.0537 e. The number of para-hydroxylation sites is 2. The van der Waals surface area contributed by atoms with Crippen LogP contribution in [0.2, 0.25) is 0 Å². The van der Waals surface area contributed by atoms with Crippen molar-refractivity contribution in [3.63, 3.8) is 0 Å². The van der Waals surface area contributed by atoms with E-state index in [1.165, 1.54) is 105 Å². The van der Waals surface area contributed by atoms with Gasteiger partial charge in [0.05, 0.1) is 16.4 Å². The van der Waals surface area contributed by atoms with Crippen LogP contribution in [0.3, 0.4) is 0 Å². The van der Waals surface area contributed by atoms with Crippen molar-refractivity contribution in [2.45, 2.75) is 70.1 Å². The van der Waals surface area contributed by atoms with E-state index in [2.05, 4.69) is 257 Å². The Morgan fingerprint density at radius 3 is 1.94 bits per heavy atom. The summed E-state index contributed by atoms with van der Waals surface area (Å²) in [5.74, 6) is 1.24. The number of hydrogen-bond acceptors (Lipinski definition) is 0. The number of nitrogens with zero attached hydrogens (tertiary/aromatic N) is 1. The highest BCUT2D eigenvalue weighted by Crippen LogP contribution is 2.61. The van der Waals surface area contributed by atoms with Crippen LogP contribution in [0.25, 0.3) is 55.3 Å². The predicted molar refractivity (Wildman–Crippen MR) is 300 cm³/mol. The number of fused-ring (bicyclic) bond motifs is 9. The molecule has 8 aromatic carbocycles. The zero-order chi connectivity index (χ0) is 47.8. The van der Waals surface area contributed by atoms with E-state index in [4.69, 9.17) is 0 Å². The third-order valence-corrected chi connectivity index (χ3v) is 17.3. The van der Waals surface area contributed by atoms with E-state index in [1.54, 1.807) is 0 Å². The largest absolute Gasteiger partial charge is 0.313 e. The first-order valence-electron chi connectivity index (χ1n) is 26.2. The molecule has 1 nitrogen and oxygen atoms in total. The van der Waals surface area contributed by atoms with Gasteiger partial charge in [-0.1, -0.05) is 234 Å². The van der Waals surface area contributed by atoms with Gasteiger partial charge in [-0.2, -0.15) is 0 Å².